The molecule has 1 amide bonds. The van der Waals surface area contributed by atoms with Crippen LogP contribution in [-0.4, -0.2) is 33.5 Å². The highest BCUT2D eigenvalue weighted by Gasteiger charge is 2.39. The van der Waals surface area contributed by atoms with Crippen molar-refractivity contribution in [1.82, 2.24) is 9.88 Å². The van der Waals surface area contributed by atoms with E-state index in [4.69, 9.17) is 9.47 Å². The molecule has 46 heavy (non-hydrogen) atoms. The van der Waals surface area contributed by atoms with Crippen molar-refractivity contribution in [2.24, 2.45) is 5.92 Å². The van der Waals surface area contributed by atoms with Gasteiger partial charge in [-0.3, -0.25) is 14.7 Å². The van der Waals surface area contributed by atoms with Crippen molar-refractivity contribution in [2.45, 2.75) is 45.1 Å². The number of hydrogen-bond donors (Lipinski definition) is 2. The van der Waals surface area contributed by atoms with Gasteiger partial charge < -0.3 is 19.9 Å². The van der Waals surface area contributed by atoms with Gasteiger partial charge >= 0.3 is 0 Å². The average molecular weight is 614 g/mol. The number of carbonyl (C=O) groups is 1. The Balaban J connectivity index is 1.25. The van der Waals surface area contributed by atoms with Crippen molar-refractivity contribution in [3.8, 4) is 0 Å². The average Bonchev–Trinajstić information content (AvgIpc) is 3.11. The number of nitrogens with zero attached hydrogens (tertiary/aromatic N) is 2. The van der Waals surface area contributed by atoms with Crippen molar-refractivity contribution in [3.63, 3.8) is 0 Å². The molecule has 4 aromatic carbocycles. The Bertz CT molecular complexity index is 1620. The summed E-state index contributed by atoms with van der Waals surface area (Å²) in [5, 5.41) is 12.6. The topological polar surface area (TPSA) is 83.9 Å². The largest absolute Gasteiger partial charge is 0.392 e. The smallest absolute Gasteiger partial charge is 0.257 e. The molecule has 1 aliphatic rings. The molecule has 0 radical (unpaired) electrons. The van der Waals surface area contributed by atoms with Crippen molar-refractivity contribution < 1.29 is 19.4 Å². The number of benzene rings is 4. The maximum Gasteiger partial charge on any atom is 0.257 e. The van der Waals surface area contributed by atoms with Gasteiger partial charge in [-0.2, -0.15) is 0 Å². The highest BCUT2D eigenvalue weighted by molar-refractivity contribution is 6.04. The summed E-state index contributed by atoms with van der Waals surface area (Å²) in [6.07, 6.45) is 2.21. The zero-order valence-electron chi connectivity index (χ0n) is 25.9. The fourth-order valence-electron chi connectivity index (χ4n) is 5.87. The van der Waals surface area contributed by atoms with Gasteiger partial charge in [-0.15, -0.1) is 0 Å². The Kier molecular flexibility index (Phi) is 10.3. The number of amides is 1. The summed E-state index contributed by atoms with van der Waals surface area (Å²) in [6.45, 7) is 4.46. The summed E-state index contributed by atoms with van der Waals surface area (Å²) in [5.41, 5.74) is 6.42. The van der Waals surface area contributed by atoms with E-state index in [9.17, 15) is 9.90 Å². The molecule has 1 aromatic heterocycles. The standard InChI is InChI=1S/C39H39N3O4/c1-28-36(26-42(24-29-9-4-2-5-10-29)25-30-11-6-3-7-12-30)45-39(46-37(28)32-16-14-31(27-43)15-17-32)33-18-20-35(21-19-33)41-38(44)34-13-8-22-40-23-34/h2-23,28,36-37,39,43H,24-27H2,1H3,(H,41,44)/t28-,36+,37+,39+/m0/s1. The van der Waals surface area contributed by atoms with Crippen LogP contribution < -0.4 is 5.32 Å². The predicted molar refractivity (Wildman–Crippen MR) is 179 cm³/mol. The van der Waals surface area contributed by atoms with Crippen LogP contribution in [-0.2, 0) is 29.2 Å². The molecule has 7 nitrogen and oxygen atoms in total. The summed E-state index contributed by atoms with van der Waals surface area (Å²) in [5.74, 6) is -0.175. The van der Waals surface area contributed by atoms with Crippen molar-refractivity contribution in [1.29, 1.82) is 0 Å². The molecule has 2 heterocycles. The second-order valence-corrected chi connectivity index (χ2v) is 11.8. The molecule has 0 unspecified atom stereocenters. The molecule has 1 aliphatic heterocycles. The summed E-state index contributed by atoms with van der Waals surface area (Å²) in [6, 6.07) is 40.1. The van der Waals surface area contributed by atoms with E-state index >= 15 is 0 Å². The van der Waals surface area contributed by atoms with Gasteiger partial charge in [-0.1, -0.05) is 104 Å². The Hall–Kier alpha value is -4.66. The lowest BCUT2D eigenvalue weighted by Gasteiger charge is -2.43. The molecule has 0 bridgehead atoms. The highest BCUT2D eigenvalue weighted by atomic mass is 16.7. The van der Waals surface area contributed by atoms with Gasteiger partial charge in [0.1, 0.15) is 0 Å². The van der Waals surface area contributed by atoms with Gasteiger partial charge in [0.15, 0.2) is 6.29 Å². The highest BCUT2D eigenvalue weighted by Crippen LogP contribution is 2.42. The monoisotopic (exact) mass is 613 g/mol. The first-order chi connectivity index (χ1) is 22.6. The molecule has 7 heteroatoms. The SMILES string of the molecule is C[C@H]1[C@@H](CN(Cc2ccccc2)Cc2ccccc2)O[C@@H](c2ccc(NC(=O)c3cccnc3)cc2)O[C@H]1c1ccc(CO)cc1. The van der Waals surface area contributed by atoms with Crippen molar-refractivity contribution in [2.75, 3.05) is 11.9 Å². The van der Waals surface area contributed by atoms with Crippen LogP contribution in [0, 0.1) is 5.92 Å². The van der Waals surface area contributed by atoms with Crippen LogP contribution in [0.2, 0.25) is 0 Å². The number of aromatic nitrogens is 1. The van der Waals surface area contributed by atoms with Gasteiger partial charge in [0.2, 0.25) is 0 Å². The van der Waals surface area contributed by atoms with E-state index < -0.39 is 6.29 Å². The predicted octanol–water partition coefficient (Wildman–Crippen LogP) is 7.32. The quantitative estimate of drug-likeness (QED) is 0.162. The van der Waals surface area contributed by atoms with Crippen LogP contribution in [0.3, 0.4) is 0 Å². The van der Waals surface area contributed by atoms with Gasteiger partial charge in [-0.25, -0.2) is 0 Å². The number of rotatable bonds is 11. The summed E-state index contributed by atoms with van der Waals surface area (Å²) >= 11 is 0. The summed E-state index contributed by atoms with van der Waals surface area (Å²) in [7, 11) is 0. The lowest BCUT2D eigenvalue weighted by molar-refractivity contribution is -0.276. The third-order valence-electron chi connectivity index (χ3n) is 8.42. The number of carbonyl (C=O) groups excluding carboxylic acids is 1. The van der Waals surface area contributed by atoms with Crippen LogP contribution in [0.25, 0.3) is 0 Å². The lowest BCUT2D eigenvalue weighted by atomic mass is 9.89. The van der Waals surface area contributed by atoms with Crippen LogP contribution in [0.1, 0.15) is 57.5 Å². The first-order valence-corrected chi connectivity index (χ1v) is 15.7. The van der Waals surface area contributed by atoms with Crippen LogP contribution in [0.5, 0.6) is 0 Å². The Morgan fingerprint density at radius 3 is 1.98 bits per heavy atom. The van der Waals surface area contributed by atoms with Crippen molar-refractivity contribution in [3.05, 3.63) is 167 Å². The second-order valence-electron chi connectivity index (χ2n) is 11.8. The van der Waals surface area contributed by atoms with Gasteiger partial charge in [-0.05, 0) is 46.5 Å². The third kappa shape index (κ3) is 7.94. The van der Waals surface area contributed by atoms with Crippen LogP contribution in [0.15, 0.2) is 134 Å². The molecular weight excluding hydrogens is 574 g/mol. The molecule has 4 atom stereocenters. The van der Waals surface area contributed by atoms with E-state index in [-0.39, 0.29) is 30.6 Å². The number of hydrogen-bond acceptors (Lipinski definition) is 6. The molecule has 1 fully saturated rings. The minimum absolute atomic E-state index is 0.00663. The fourth-order valence-corrected chi connectivity index (χ4v) is 5.87. The van der Waals surface area contributed by atoms with Gasteiger partial charge in [0, 0.05) is 49.2 Å². The Morgan fingerprint density at radius 1 is 0.761 bits per heavy atom. The fraction of sp³-hybridized carbons (Fsp3) is 0.231. The number of pyridine rings is 1. The van der Waals surface area contributed by atoms with Crippen molar-refractivity contribution >= 4 is 11.6 Å². The number of aliphatic hydroxyl groups is 1. The molecule has 2 N–H and O–H groups in total. The summed E-state index contributed by atoms with van der Waals surface area (Å²) < 4.78 is 13.5. The first-order valence-electron chi connectivity index (χ1n) is 15.7. The molecular formula is C39H39N3O4. The van der Waals surface area contributed by atoms with Gasteiger partial charge in [0.05, 0.1) is 24.4 Å². The molecule has 5 aromatic rings. The molecule has 0 spiro atoms. The van der Waals surface area contributed by atoms with Crippen LogP contribution >= 0.6 is 0 Å². The zero-order valence-corrected chi connectivity index (χ0v) is 25.9. The zero-order chi connectivity index (χ0) is 31.7. The Morgan fingerprint density at radius 2 is 1.39 bits per heavy atom. The molecule has 6 rings (SSSR count). The third-order valence-corrected chi connectivity index (χ3v) is 8.42. The van der Waals surface area contributed by atoms with E-state index in [1.54, 1.807) is 24.5 Å². The second kappa shape index (κ2) is 15.1. The normalized spacial score (nSPS) is 19.5. The Labute approximate surface area is 270 Å². The van der Waals surface area contributed by atoms with Gasteiger partial charge in [0.25, 0.3) is 5.91 Å². The number of anilines is 1. The van der Waals surface area contributed by atoms with Crippen LogP contribution in [0.4, 0.5) is 5.69 Å². The minimum atomic E-state index is -0.609. The first kappa shape index (κ1) is 31.3. The van der Waals surface area contributed by atoms with E-state index in [2.05, 4.69) is 70.7 Å². The number of aliphatic hydroxyl groups excluding tert-OH is 1. The molecule has 0 aliphatic carbocycles. The lowest BCUT2D eigenvalue weighted by Crippen LogP contribution is -2.44. The molecule has 234 valence electrons. The van der Waals surface area contributed by atoms with E-state index in [0.29, 0.717) is 17.8 Å². The minimum Gasteiger partial charge on any atom is -0.392 e. The maximum absolute atomic E-state index is 12.7. The molecule has 1 saturated heterocycles. The van der Waals surface area contributed by atoms with E-state index in [1.165, 1.54) is 11.1 Å². The number of ether oxygens (including phenoxy) is 2. The maximum atomic E-state index is 12.7. The van der Waals surface area contributed by atoms with E-state index in [1.807, 2.05) is 60.7 Å². The number of nitrogens with one attached hydrogen (secondary N) is 1. The summed E-state index contributed by atoms with van der Waals surface area (Å²) in [4.78, 5) is 19.1. The molecule has 0 saturated carbocycles. The van der Waals surface area contributed by atoms with E-state index in [0.717, 1.165) is 29.8 Å².